The Morgan fingerprint density at radius 1 is 1.29 bits per heavy atom. The van der Waals surface area contributed by atoms with Crippen LogP contribution in [0.15, 0.2) is 44.7 Å². The quantitative estimate of drug-likeness (QED) is 0.244. The van der Waals surface area contributed by atoms with Gasteiger partial charge in [-0.3, -0.25) is 4.79 Å². The van der Waals surface area contributed by atoms with Crippen molar-refractivity contribution < 1.29 is 9.47 Å². The van der Waals surface area contributed by atoms with Crippen molar-refractivity contribution in [3.63, 3.8) is 0 Å². The third-order valence-corrected chi connectivity index (χ3v) is 5.85. The van der Waals surface area contributed by atoms with Crippen LogP contribution in [0.5, 0.6) is 11.5 Å². The van der Waals surface area contributed by atoms with Crippen molar-refractivity contribution in [2.45, 2.75) is 46.1 Å². The monoisotopic (exact) mass is 597 g/mol. The van der Waals surface area contributed by atoms with Crippen molar-refractivity contribution in [3.8, 4) is 11.5 Å². The van der Waals surface area contributed by atoms with E-state index in [9.17, 15) is 4.79 Å². The molecule has 0 amide bonds. The highest BCUT2D eigenvalue weighted by atomic mass is 127. The Kier molecular flexibility index (Phi) is 8.10. The highest BCUT2D eigenvalue weighted by Crippen LogP contribution is 2.34. The van der Waals surface area contributed by atoms with Crippen LogP contribution in [0.4, 0.5) is 0 Å². The topological polar surface area (TPSA) is 65.7 Å². The summed E-state index contributed by atoms with van der Waals surface area (Å²) in [5, 5.41) is 5.04. The fourth-order valence-electron chi connectivity index (χ4n) is 3.10. The lowest BCUT2D eigenvalue weighted by atomic mass is 10.2. The maximum Gasteiger partial charge on any atom is 0.282 e. The number of nitrogens with zero attached hydrogens (tertiary/aromatic N) is 3. The first kappa shape index (κ1) is 23.7. The lowest BCUT2D eigenvalue weighted by Crippen LogP contribution is -2.22. The van der Waals surface area contributed by atoms with Gasteiger partial charge in [-0.2, -0.15) is 9.78 Å². The smallest absolute Gasteiger partial charge is 0.282 e. The van der Waals surface area contributed by atoms with E-state index < -0.39 is 0 Å². The van der Waals surface area contributed by atoms with Crippen LogP contribution in [0, 0.1) is 3.57 Å². The number of methoxy groups -OCH3 is 1. The average molecular weight is 598 g/mol. The van der Waals surface area contributed by atoms with Crippen LogP contribution in [-0.4, -0.2) is 29.1 Å². The number of rotatable bonds is 8. The Balaban J connectivity index is 2.08. The maximum absolute atomic E-state index is 13.2. The zero-order chi connectivity index (χ0) is 22.5. The Bertz CT molecular complexity index is 1170. The van der Waals surface area contributed by atoms with E-state index in [1.165, 1.54) is 4.68 Å². The molecule has 0 radical (unpaired) electrons. The van der Waals surface area contributed by atoms with E-state index >= 15 is 0 Å². The molecular weight excluding hydrogens is 573 g/mol. The lowest BCUT2D eigenvalue weighted by Gasteiger charge is -2.16. The molecule has 31 heavy (non-hydrogen) atoms. The molecule has 0 aliphatic heterocycles. The van der Waals surface area contributed by atoms with Crippen LogP contribution in [0.1, 0.15) is 45.0 Å². The number of aromatic nitrogens is 2. The van der Waals surface area contributed by atoms with Gasteiger partial charge in [0.2, 0.25) is 0 Å². The van der Waals surface area contributed by atoms with Crippen LogP contribution in [0.2, 0.25) is 0 Å². The molecule has 1 heterocycles. The van der Waals surface area contributed by atoms with Crippen molar-refractivity contribution in [2.75, 3.05) is 7.11 Å². The van der Waals surface area contributed by atoms with Crippen LogP contribution in [0.3, 0.4) is 0 Å². The molecule has 0 aliphatic carbocycles. The molecule has 0 saturated carbocycles. The highest BCUT2D eigenvalue weighted by molar-refractivity contribution is 14.1. The summed E-state index contributed by atoms with van der Waals surface area (Å²) >= 11 is 5.65. The SMILES string of the molecule is CCCCc1nc2ccc(Br)cc2c(=O)n1N=Cc1cc(I)c(OC(C)C)c(OC)c1. The molecule has 164 valence electrons. The van der Waals surface area contributed by atoms with Crippen LogP contribution >= 0.6 is 38.5 Å². The largest absolute Gasteiger partial charge is 0.493 e. The molecule has 0 saturated heterocycles. The Hall–Kier alpha value is -1.94. The average Bonchev–Trinajstić information content (AvgIpc) is 2.73. The molecule has 3 aromatic rings. The number of aryl methyl sites for hydroxylation is 1. The third-order valence-electron chi connectivity index (χ3n) is 4.56. The molecular formula is C23H25BrIN3O3. The predicted octanol–water partition coefficient (Wildman–Crippen LogP) is 5.78. The summed E-state index contributed by atoms with van der Waals surface area (Å²) in [5.41, 5.74) is 1.30. The molecule has 8 heteroatoms. The second-order valence-corrected chi connectivity index (χ2v) is 9.43. The molecule has 0 atom stereocenters. The highest BCUT2D eigenvalue weighted by Gasteiger charge is 2.14. The number of halogens is 2. The van der Waals surface area contributed by atoms with Crippen LogP contribution in [0.25, 0.3) is 10.9 Å². The van der Waals surface area contributed by atoms with Crippen molar-refractivity contribution in [2.24, 2.45) is 5.10 Å². The molecule has 0 bridgehead atoms. The molecule has 0 N–H and O–H groups in total. The Labute approximate surface area is 203 Å². The maximum atomic E-state index is 13.2. The van der Waals surface area contributed by atoms with Gasteiger partial charge in [0.25, 0.3) is 5.56 Å². The van der Waals surface area contributed by atoms with Crippen molar-refractivity contribution in [3.05, 3.63) is 60.1 Å². The molecule has 6 nitrogen and oxygen atoms in total. The molecule has 0 spiro atoms. The molecule has 3 rings (SSSR count). The lowest BCUT2D eigenvalue weighted by molar-refractivity contribution is 0.228. The van der Waals surface area contributed by atoms with Crippen LogP contribution < -0.4 is 15.0 Å². The minimum atomic E-state index is -0.185. The van der Waals surface area contributed by atoms with Gasteiger partial charge in [0.05, 0.1) is 33.9 Å². The van der Waals surface area contributed by atoms with Gasteiger partial charge in [-0.25, -0.2) is 4.98 Å². The van der Waals surface area contributed by atoms with Gasteiger partial charge in [-0.15, -0.1) is 0 Å². The number of ether oxygens (including phenoxy) is 2. The first-order chi connectivity index (χ1) is 14.8. The fraction of sp³-hybridized carbons (Fsp3) is 0.348. The van der Waals surface area contributed by atoms with E-state index in [0.717, 1.165) is 26.4 Å². The van der Waals surface area contributed by atoms with Gasteiger partial charge in [-0.1, -0.05) is 29.3 Å². The van der Waals surface area contributed by atoms with Gasteiger partial charge in [0, 0.05) is 10.9 Å². The predicted molar refractivity (Wildman–Crippen MR) is 137 cm³/mol. The van der Waals surface area contributed by atoms with Crippen LogP contribution in [-0.2, 0) is 6.42 Å². The zero-order valence-corrected chi connectivity index (χ0v) is 21.7. The Morgan fingerprint density at radius 3 is 2.74 bits per heavy atom. The van der Waals surface area contributed by atoms with Gasteiger partial charge in [0.1, 0.15) is 5.82 Å². The summed E-state index contributed by atoms with van der Waals surface area (Å²) < 4.78 is 14.5. The summed E-state index contributed by atoms with van der Waals surface area (Å²) in [4.78, 5) is 17.9. The van der Waals surface area contributed by atoms with E-state index in [1.807, 2.05) is 38.1 Å². The summed E-state index contributed by atoms with van der Waals surface area (Å²) in [6, 6.07) is 9.33. The number of hydrogen-bond acceptors (Lipinski definition) is 5. The zero-order valence-electron chi connectivity index (χ0n) is 18.0. The number of hydrogen-bond donors (Lipinski definition) is 0. The van der Waals surface area contributed by atoms with Crippen molar-refractivity contribution >= 4 is 55.6 Å². The van der Waals surface area contributed by atoms with Gasteiger partial charge in [-0.05, 0) is 78.8 Å². The third kappa shape index (κ3) is 5.65. The molecule has 2 aromatic carbocycles. The Morgan fingerprint density at radius 2 is 2.06 bits per heavy atom. The fourth-order valence-corrected chi connectivity index (χ4v) is 4.21. The molecule has 0 unspecified atom stereocenters. The molecule has 1 aromatic heterocycles. The van der Waals surface area contributed by atoms with E-state index in [2.05, 4.69) is 50.5 Å². The normalized spacial score (nSPS) is 11.6. The number of benzene rings is 2. The molecule has 0 fully saturated rings. The van der Waals surface area contributed by atoms with Crippen molar-refractivity contribution in [1.82, 2.24) is 9.66 Å². The van der Waals surface area contributed by atoms with E-state index in [0.29, 0.717) is 34.6 Å². The first-order valence-electron chi connectivity index (χ1n) is 10.1. The van der Waals surface area contributed by atoms with Gasteiger partial charge >= 0.3 is 0 Å². The van der Waals surface area contributed by atoms with Crippen molar-refractivity contribution in [1.29, 1.82) is 0 Å². The summed E-state index contributed by atoms with van der Waals surface area (Å²) in [6.07, 6.45) is 4.30. The van der Waals surface area contributed by atoms with E-state index in [-0.39, 0.29) is 11.7 Å². The minimum absolute atomic E-state index is 0.0321. The standard InChI is InChI=1S/C23H25BrIN3O3/c1-5-6-7-21-27-19-9-8-16(24)12-17(19)23(29)28(21)26-13-15-10-18(25)22(31-14(2)3)20(11-15)30-4/h8-14H,5-7H2,1-4H3. The van der Waals surface area contributed by atoms with Gasteiger partial charge in [0.15, 0.2) is 11.5 Å². The summed E-state index contributed by atoms with van der Waals surface area (Å²) in [5.74, 6) is 1.98. The first-order valence-corrected chi connectivity index (χ1v) is 12.0. The van der Waals surface area contributed by atoms with Gasteiger partial charge < -0.3 is 9.47 Å². The van der Waals surface area contributed by atoms with E-state index in [4.69, 9.17) is 14.5 Å². The molecule has 0 aliphatic rings. The van der Waals surface area contributed by atoms with E-state index in [1.54, 1.807) is 19.4 Å². The second kappa shape index (κ2) is 10.6. The minimum Gasteiger partial charge on any atom is -0.493 e. The number of unbranched alkanes of at least 4 members (excludes halogenated alkanes) is 1. The second-order valence-electron chi connectivity index (χ2n) is 7.36. The summed E-state index contributed by atoms with van der Waals surface area (Å²) in [7, 11) is 1.61. The summed E-state index contributed by atoms with van der Waals surface area (Å²) in [6.45, 7) is 6.05. The number of fused-ring (bicyclic) bond motifs is 1.